The van der Waals surface area contributed by atoms with Crippen LogP contribution in [0.25, 0.3) is 0 Å². The molecule has 0 aliphatic rings. The van der Waals surface area contributed by atoms with Gasteiger partial charge in [-0.15, -0.1) is 0 Å². The standard InChI is InChI=1S/C16H24N2O3/c1-5-18(11-16(20)21-4)10-15(19)17-14-8-6-7-13(9-14)12(2)3/h6-9,12H,5,10-11H2,1-4H3,(H,17,19). The van der Waals surface area contributed by atoms with Crippen LogP contribution in [0.4, 0.5) is 5.69 Å². The number of carbonyl (C=O) groups excluding carboxylic acids is 2. The minimum atomic E-state index is -0.341. The van der Waals surface area contributed by atoms with Crippen LogP contribution in [0.2, 0.25) is 0 Å². The van der Waals surface area contributed by atoms with E-state index >= 15 is 0 Å². The first-order valence-corrected chi connectivity index (χ1v) is 7.15. The third-order valence-electron chi connectivity index (χ3n) is 3.23. The number of likely N-dealkylation sites (N-methyl/N-ethyl adjacent to an activating group) is 1. The molecule has 0 spiro atoms. The van der Waals surface area contributed by atoms with Gasteiger partial charge in [0, 0.05) is 5.69 Å². The number of amides is 1. The Balaban J connectivity index is 2.60. The van der Waals surface area contributed by atoms with E-state index in [2.05, 4.69) is 23.9 Å². The smallest absolute Gasteiger partial charge is 0.319 e. The van der Waals surface area contributed by atoms with Crippen LogP contribution in [0.1, 0.15) is 32.3 Å². The largest absolute Gasteiger partial charge is 0.468 e. The Kier molecular flexibility index (Phi) is 6.88. The van der Waals surface area contributed by atoms with E-state index in [4.69, 9.17) is 0 Å². The number of nitrogens with zero attached hydrogens (tertiary/aromatic N) is 1. The van der Waals surface area contributed by atoms with Gasteiger partial charge < -0.3 is 10.1 Å². The van der Waals surface area contributed by atoms with Crippen molar-refractivity contribution < 1.29 is 14.3 Å². The monoisotopic (exact) mass is 292 g/mol. The molecule has 0 saturated carbocycles. The Hall–Kier alpha value is -1.88. The zero-order chi connectivity index (χ0) is 15.8. The molecule has 1 amide bonds. The lowest BCUT2D eigenvalue weighted by Gasteiger charge is -2.18. The van der Waals surface area contributed by atoms with Crippen LogP contribution in [0.5, 0.6) is 0 Å². The number of methoxy groups -OCH3 is 1. The van der Waals surface area contributed by atoms with Gasteiger partial charge in [-0.3, -0.25) is 14.5 Å². The van der Waals surface area contributed by atoms with Gasteiger partial charge in [-0.25, -0.2) is 0 Å². The van der Waals surface area contributed by atoms with E-state index in [-0.39, 0.29) is 25.0 Å². The van der Waals surface area contributed by atoms with Crippen LogP contribution < -0.4 is 5.32 Å². The maximum atomic E-state index is 12.0. The summed E-state index contributed by atoms with van der Waals surface area (Å²) < 4.78 is 4.61. The van der Waals surface area contributed by atoms with Crippen molar-refractivity contribution in [3.63, 3.8) is 0 Å². The van der Waals surface area contributed by atoms with E-state index < -0.39 is 0 Å². The van der Waals surface area contributed by atoms with Crippen LogP contribution in [0.15, 0.2) is 24.3 Å². The molecule has 5 nitrogen and oxygen atoms in total. The van der Waals surface area contributed by atoms with Gasteiger partial charge in [0.2, 0.25) is 5.91 Å². The molecule has 0 unspecified atom stereocenters. The molecule has 0 heterocycles. The molecule has 116 valence electrons. The van der Waals surface area contributed by atoms with Gasteiger partial charge in [-0.05, 0) is 30.2 Å². The van der Waals surface area contributed by atoms with E-state index in [1.54, 1.807) is 4.90 Å². The molecule has 1 aromatic carbocycles. The summed E-state index contributed by atoms with van der Waals surface area (Å²) in [4.78, 5) is 25.0. The third-order valence-corrected chi connectivity index (χ3v) is 3.23. The molecular weight excluding hydrogens is 268 g/mol. The summed E-state index contributed by atoms with van der Waals surface area (Å²) in [5.41, 5.74) is 1.95. The van der Waals surface area contributed by atoms with Crippen LogP contribution in [-0.2, 0) is 14.3 Å². The summed E-state index contributed by atoms with van der Waals surface area (Å²) in [6.07, 6.45) is 0. The lowest BCUT2D eigenvalue weighted by Crippen LogP contribution is -2.37. The number of rotatable bonds is 7. The lowest BCUT2D eigenvalue weighted by molar-refractivity contribution is -0.142. The second-order valence-corrected chi connectivity index (χ2v) is 5.21. The summed E-state index contributed by atoms with van der Waals surface area (Å²) in [7, 11) is 1.34. The highest BCUT2D eigenvalue weighted by Crippen LogP contribution is 2.18. The average molecular weight is 292 g/mol. The van der Waals surface area contributed by atoms with Crippen LogP contribution in [-0.4, -0.2) is 43.5 Å². The quantitative estimate of drug-likeness (QED) is 0.783. The van der Waals surface area contributed by atoms with Crippen molar-refractivity contribution in [1.82, 2.24) is 4.90 Å². The maximum absolute atomic E-state index is 12.0. The predicted molar refractivity (Wildman–Crippen MR) is 83.3 cm³/mol. The van der Waals surface area contributed by atoms with Gasteiger partial charge >= 0.3 is 5.97 Å². The Labute approximate surface area is 126 Å². The first kappa shape index (κ1) is 17.2. The van der Waals surface area contributed by atoms with Crippen molar-refractivity contribution in [2.75, 3.05) is 32.1 Å². The summed E-state index contributed by atoms with van der Waals surface area (Å²) in [5.74, 6) is -0.0681. The number of anilines is 1. The Morgan fingerprint density at radius 3 is 2.57 bits per heavy atom. The number of ether oxygens (including phenoxy) is 1. The molecule has 0 atom stereocenters. The maximum Gasteiger partial charge on any atom is 0.319 e. The zero-order valence-corrected chi connectivity index (χ0v) is 13.2. The number of carbonyl (C=O) groups is 2. The van der Waals surface area contributed by atoms with Gasteiger partial charge in [-0.1, -0.05) is 32.9 Å². The lowest BCUT2D eigenvalue weighted by atomic mass is 10.0. The van der Waals surface area contributed by atoms with Gasteiger partial charge in [-0.2, -0.15) is 0 Å². The fourth-order valence-corrected chi connectivity index (χ4v) is 1.91. The van der Waals surface area contributed by atoms with Gasteiger partial charge in [0.25, 0.3) is 0 Å². The minimum Gasteiger partial charge on any atom is -0.468 e. The summed E-state index contributed by atoms with van der Waals surface area (Å²) in [6.45, 7) is 7.00. The van der Waals surface area contributed by atoms with Gasteiger partial charge in [0.1, 0.15) is 0 Å². The molecule has 1 rings (SSSR count). The first-order valence-electron chi connectivity index (χ1n) is 7.15. The molecule has 1 aromatic rings. The van der Waals surface area contributed by atoms with E-state index in [0.29, 0.717) is 12.5 Å². The highest BCUT2D eigenvalue weighted by Gasteiger charge is 2.13. The predicted octanol–water partition coefficient (Wildman–Crippen LogP) is 2.24. The molecular formula is C16H24N2O3. The molecule has 1 N–H and O–H groups in total. The molecule has 0 aromatic heterocycles. The number of esters is 1. The highest BCUT2D eigenvalue weighted by atomic mass is 16.5. The summed E-state index contributed by atoms with van der Waals surface area (Å²) in [6, 6.07) is 7.80. The fourth-order valence-electron chi connectivity index (χ4n) is 1.91. The molecule has 0 aliphatic carbocycles. The third kappa shape index (κ3) is 5.95. The molecule has 0 bridgehead atoms. The molecule has 5 heteroatoms. The van der Waals surface area contributed by atoms with Crippen molar-refractivity contribution in [3.8, 4) is 0 Å². The second-order valence-electron chi connectivity index (χ2n) is 5.21. The van der Waals surface area contributed by atoms with E-state index in [1.165, 1.54) is 12.7 Å². The van der Waals surface area contributed by atoms with Crippen molar-refractivity contribution in [2.45, 2.75) is 26.7 Å². The molecule has 0 radical (unpaired) electrons. The Bertz CT molecular complexity index is 486. The minimum absolute atomic E-state index is 0.118. The first-order chi connectivity index (χ1) is 9.96. The van der Waals surface area contributed by atoms with Gasteiger partial charge in [0.05, 0.1) is 20.2 Å². The number of benzene rings is 1. The molecule has 0 aliphatic heterocycles. The molecule has 21 heavy (non-hydrogen) atoms. The number of nitrogens with one attached hydrogen (secondary N) is 1. The van der Waals surface area contributed by atoms with Crippen LogP contribution in [0, 0.1) is 0 Å². The average Bonchev–Trinajstić information content (AvgIpc) is 2.46. The number of hydrogen-bond acceptors (Lipinski definition) is 4. The highest BCUT2D eigenvalue weighted by molar-refractivity contribution is 5.92. The van der Waals surface area contributed by atoms with Crippen LogP contribution >= 0.6 is 0 Å². The van der Waals surface area contributed by atoms with Crippen molar-refractivity contribution in [1.29, 1.82) is 0 Å². The summed E-state index contributed by atoms with van der Waals surface area (Å²) in [5, 5.41) is 2.86. The second kappa shape index (κ2) is 8.42. The van der Waals surface area contributed by atoms with E-state index in [9.17, 15) is 9.59 Å². The van der Waals surface area contributed by atoms with Crippen molar-refractivity contribution >= 4 is 17.6 Å². The Morgan fingerprint density at radius 1 is 1.29 bits per heavy atom. The SMILES string of the molecule is CCN(CC(=O)Nc1cccc(C(C)C)c1)CC(=O)OC. The van der Waals surface area contributed by atoms with Crippen molar-refractivity contribution in [2.24, 2.45) is 0 Å². The molecule has 0 fully saturated rings. The van der Waals surface area contributed by atoms with E-state index in [0.717, 1.165) is 5.69 Å². The number of hydrogen-bond donors (Lipinski definition) is 1. The van der Waals surface area contributed by atoms with Crippen molar-refractivity contribution in [3.05, 3.63) is 29.8 Å². The van der Waals surface area contributed by atoms with Gasteiger partial charge in [0.15, 0.2) is 0 Å². The molecule has 0 saturated heterocycles. The van der Waals surface area contributed by atoms with Crippen LogP contribution in [0.3, 0.4) is 0 Å². The summed E-state index contributed by atoms with van der Waals surface area (Å²) >= 11 is 0. The zero-order valence-electron chi connectivity index (χ0n) is 13.2. The van der Waals surface area contributed by atoms with E-state index in [1.807, 2.05) is 31.2 Å². The topological polar surface area (TPSA) is 58.6 Å². The normalized spacial score (nSPS) is 10.8. The Morgan fingerprint density at radius 2 is 2.00 bits per heavy atom. The fraction of sp³-hybridized carbons (Fsp3) is 0.500.